The number of rotatable bonds is 9. The van der Waals surface area contributed by atoms with Crippen LogP contribution in [0.2, 0.25) is 0 Å². The largest absolute Gasteiger partial charge is 0.375 e. The van der Waals surface area contributed by atoms with Crippen molar-refractivity contribution in [3.8, 4) is 0 Å². The van der Waals surface area contributed by atoms with Crippen molar-refractivity contribution in [3.05, 3.63) is 29.3 Å². The molecule has 20 heavy (non-hydrogen) atoms. The topological polar surface area (TPSA) is 15.3 Å². The highest BCUT2D eigenvalue weighted by molar-refractivity contribution is 5.50. The van der Waals surface area contributed by atoms with E-state index >= 15 is 0 Å². The lowest BCUT2D eigenvalue weighted by Gasteiger charge is -2.21. The maximum atomic E-state index is 3.52. The molecule has 1 aromatic rings. The quantitative estimate of drug-likeness (QED) is 0.674. The van der Waals surface area contributed by atoms with Crippen LogP contribution in [0, 0.1) is 12.8 Å². The van der Waals surface area contributed by atoms with Gasteiger partial charge in [0.05, 0.1) is 0 Å². The Morgan fingerprint density at radius 2 is 1.95 bits per heavy atom. The lowest BCUT2D eigenvalue weighted by molar-refractivity contribution is 0.551. The van der Waals surface area contributed by atoms with E-state index in [0.717, 1.165) is 19.6 Å². The summed E-state index contributed by atoms with van der Waals surface area (Å²) in [5.74, 6) is 0.708. The lowest BCUT2D eigenvalue weighted by atomic mass is 10.1. The normalized spacial score (nSPS) is 11.1. The number of nitrogens with one attached hydrogen (secondary N) is 1. The molecule has 0 radical (unpaired) electrons. The van der Waals surface area contributed by atoms with Crippen molar-refractivity contribution >= 4 is 5.69 Å². The first-order chi connectivity index (χ1) is 9.54. The summed E-state index contributed by atoms with van der Waals surface area (Å²) >= 11 is 0. The van der Waals surface area contributed by atoms with Crippen molar-refractivity contribution in [2.24, 2.45) is 5.92 Å². The fourth-order valence-corrected chi connectivity index (χ4v) is 2.34. The molecule has 0 amide bonds. The van der Waals surface area contributed by atoms with Crippen molar-refractivity contribution in [2.45, 2.75) is 53.5 Å². The van der Waals surface area contributed by atoms with E-state index in [9.17, 15) is 0 Å². The number of hydrogen-bond acceptors (Lipinski definition) is 2. The molecule has 0 aliphatic heterocycles. The number of benzene rings is 1. The van der Waals surface area contributed by atoms with Gasteiger partial charge in [-0.05, 0) is 49.1 Å². The third kappa shape index (κ3) is 5.96. The van der Waals surface area contributed by atoms with E-state index in [1.807, 2.05) is 0 Å². The number of anilines is 1. The van der Waals surface area contributed by atoms with Crippen molar-refractivity contribution in [1.29, 1.82) is 0 Å². The molecule has 1 aromatic carbocycles. The smallest absolute Gasteiger partial charge is 0.0366 e. The summed E-state index contributed by atoms with van der Waals surface area (Å²) in [6.45, 7) is 12.2. The molecule has 0 saturated heterocycles. The summed E-state index contributed by atoms with van der Waals surface area (Å²) < 4.78 is 0. The number of nitrogens with zero attached hydrogens (tertiary/aromatic N) is 1. The molecule has 0 aliphatic carbocycles. The molecule has 114 valence electrons. The minimum Gasteiger partial charge on any atom is -0.375 e. The molecule has 1 rings (SSSR count). The Morgan fingerprint density at radius 3 is 2.55 bits per heavy atom. The fourth-order valence-electron chi connectivity index (χ4n) is 2.34. The highest BCUT2D eigenvalue weighted by Gasteiger charge is 2.04. The van der Waals surface area contributed by atoms with Gasteiger partial charge in [-0.3, -0.25) is 0 Å². The molecule has 0 saturated carbocycles. The van der Waals surface area contributed by atoms with Gasteiger partial charge in [-0.2, -0.15) is 0 Å². The van der Waals surface area contributed by atoms with E-state index in [-0.39, 0.29) is 0 Å². The van der Waals surface area contributed by atoms with Gasteiger partial charge in [0.15, 0.2) is 0 Å². The summed E-state index contributed by atoms with van der Waals surface area (Å²) in [5.41, 5.74) is 4.14. The molecular weight excluding hydrogens is 244 g/mol. The first-order valence-corrected chi connectivity index (χ1v) is 8.06. The van der Waals surface area contributed by atoms with Gasteiger partial charge in [0.25, 0.3) is 0 Å². The highest BCUT2D eigenvalue weighted by Crippen LogP contribution is 2.19. The zero-order valence-electron chi connectivity index (χ0n) is 14.0. The standard InChI is InChI=1S/C18H32N2/c1-6-7-8-11-20(5)18-10-9-17(16(4)12-18)14-19-13-15(2)3/h9-10,12,15,19H,6-8,11,13-14H2,1-5H3. The van der Waals surface area contributed by atoms with Gasteiger partial charge in [0, 0.05) is 25.8 Å². The van der Waals surface area contributed by atoms with Crippen LogP contribution >= 0.6 is 0 Å². The second-order valence-electron chi connectivity index (χ2n) is 6.26. The maximum absolute atomic E-state index is 3.52. The Balaban J connectivity index is 2.53. The van der Waals surface area contributed by atoms with E-state index in [1.165, 1.54) is 36.1 Å². The Bertz CT molecular complexity index is 385. The Hall–Kier alpha value is -1.02. The van der Waals surface area contributed by atoms with E-state index < -0.39 is 0 Å². The van der Waals surface area contributed by atoms with E-state index in [1.54, 1.807) is 0 Å². The predicted octanol–water partition coefficient (Wildman–Crippen LogP) is 4.37. The molecule has 0 unspecified atom stereocenters. The number of hydrogen-bond donors (Lipinski definition) is 1. The van der Waals surface area contributed by atoms with Crippen LogP contribution in [0.3, 0.4) is 0 Å². The van der Waals surface area contributed by atoms with Crippen LogP contribution in [0.4, 0.5) is 5.69 Å². The maximum Gasteiger partial charge on any atom is 0.0366 e. The first-order valence-electron chi connectivity index (χ1n) is 8.06. The van der Waals surface area contributed by atoms with Gasteiger partial charge in [0.2, 0.25) is 0 Å². The van der Waals surface area contributed by atoms with Crippen molar-refractivity contribution < 1.29 is 0 Å². The predicted molar refractivity (Wildman–Crippen MR) is 90.5 cm³/mol. The zero-order chi connectivity index (χ0) is 15.0. The molecule has 1 N–H and O–H groups in total. The fraction of sp³-hybridized carbons (Fsp3) is 0.667. The van der Waals surface area contributed by atoms with Crippen molar-refractivity contribution in [1.82, 2.24) is 5.32 Å². The van der Waals surface area contributed by atoms with Crippen molar-refractivity contribution in [3.63, 3.8) is 0 Å². The lowest BCUT2D eigenvalue weighted by Crippen LogP contribution is -2.20. The molecular formula is C18H32N2. The van der Waals surface area contributed by atoms with Crippen LogP contribution in [0.15, 0.2) is 18.2 Å². The molecule has 0 atom stereocenters. The molecule has 0 aromatic heterocycles. The highest BCUT2D eigenvalue weighted by atomic mass is 15.1. The Morgan fingerprint density at radius 1 is 1.20 bits per heavy atom. The molecule has 0 aliphatic rings. The number of aryl methyl sites for hydroxylation is 1. The van der Waals surface area contributed by atoms with Gasteiger partial charge >= 0.3 is 0 Å². The molecule has 0 bridgehead atoms. The summed E-state index contributed by atoms with van der Waals surface area (Å²) in [6, 6.07) is 6.85. The first kappa shape index (κ1) is 17.0. The minimum atomic E-state index is 0.708. The van der Waals surface area contributed by atoms with Crippen LogP contribution in [-0.4, -0.2) is 20.1 Å². The zero-order valence-corrected chi connectivity index (χ0v) is 14.0. The van der Waals surface area contributed by atoms with Crippen LogP contribution in [0.5, 0.6) is 0 Å². The third-order valence-electron chi connectivity index (χ3n) is 3.73. The Kier molecular flexibility index (Phi) is 7.68. The van der Waals surface area contributed by atoms with Gasteiger partial charge < -0.3 is 10.2 Å². The van der Waals surface area contributed by atoms with Crippen molar-refractivity contribution in [2.75, 3.05) is 25.0 Å². The van der Waals surface area contributed by atoms with Crippen LogP contribution in [0.25, 0.3) is 0 Å². The molecule has 2 nitrogen and oxygen atoms in total. The number of unbranched alkanes of at least 4 members (excludes halogenated alkanes) is 2. The SMILES string of the molecule is CCCCCN(C)c1ccc(CNCC(C)C)c(C)c1. The van der Waals surface area contributed by atoms with Gasteiger partial charge in [0.1, 0.15) is 0 Å². The Labute approximate surface area is 125 Å². The average Bonchev–Trinajstić information content (AvgIpc) is 2.40. The summed E-state index contributed by atoms with van der Waals surface area (Å²) in [4.78, 5) is 2.37. The van der Waals surface area contributed by atoms with Gasteiger partial charge in [-0.15, -0.1) is 0 Å². The summed E-state index contributed by atoms with van der Waals surface area (Å²) in [7, 11) is 2.20. The summed E-state index contributed by atoms with van der Waals surface area (Å²) in [6.07, 6.45) is 3.89. The van der Waals surface area contributed by atoms with E-state index in [4.69, 9.17) is 0 Å². The van der Waals surface area contributed by atoms with Crippen LogP contribution < -0.4 is 10.2 Å². The molecule has 0 spiro atoms. The third-order valence-corrected chi connectivity index (χ3v) is 3.73. The minimum absolute atomic E-state index is 0.708. The second-order valence-corrected chi connectivity index (χ2v) is 6.26. The molecule has 0 fully saturated rings. The molecule has 0 heterocycles. The summed E-state index contributed by atoms with van der Waals surface area (Å²) in [5, 5.41) is 3.52. The monoisotopic (exact) mass is 276 g/mol. The van der Waals surface area contributed by atoms with Crippen LogP contribution in [0.1, 0.15) is 51.2 Å². The second kappa shape index (κ2) is 9.02. The van der Waals surface area contributed by atoms with E-state index in [2.05, 4.69) is 63.2 Å². The van der Waals surface area contributed by atoms with Gasteiger partial charge in [-0.1, -0.05) is 39.7 Å². The van der Waals surface area contributed by atoms with Gasteiger partial charge in [-0.25, -0.2) is 0 Å². The van der Waals surface area contributed by atoms with E-state index in [0.29, 0.717) is 5.92 Å². The van der Waals surface area contributed by atoms with Crippen LogP contribution in [-0.2, 0) is 6.54 Å². The molecule has 2 heteroatoms. The average molecular weight is 276 g/mol.